The van der Waals surface area contributed by atoms with Crippen molar-refractivity contribution in [3.05, 3.63) is 59.7 Å². The molecule has 1 aliphatic heterocycles. The number of aromatic nitrogens is 2. The fraction of sp³-hybridized carbons (Fsp3) is 0.464. The lowest BCUT2D eigenvalue weighted by molar-refractivity contribution is -0.278. The van der Waals surface area contributed by atoms with Crippen LogP contribution in [0, 0.1) is 0 Å². The number of aliphatic hydroxyl groups excluding tert-OH is 4. The Morgan fingerprint density at radius 2 is 1.76 bits per heavy atom. The van der Waals surface area contributed by atoms with Crippen molar-refractivity contribution >= 4 is 0 Å². The molecular formula is C28H36N2O8. The van der Waals surface area contributed by atoms with Gasteiger partial charge < -0.3 is 39.4 Å². The van der Waals surface area contributed by atoms with Crippen LogP contribution in [0.3, 0.4) is 0 Å². The number of hydrogen-bond donors (Lipinski definition) is 4. The minimum atomic E-state index is -1.57. The van der Waals surface area contributed by atoms with E-state index in [9.17, 15) is 20.4 Å². The zero-order valence-electron chi connectivity index (χ0n) is 22.0. The fourth-order valence-electron chi connectivity index (χ4n) is 4.54. The van der Waals surface area contributed by atoms with Gasteiger partial charge in [0.25, 0.3) is 0 Å². The highest BCUT2D eigenvalue weighted by atomic mass is 16.7. The van der Waals surface area contributed by atoms with Crippen LogP contribution >= 0.6 is 0 Å². The number of benzene rings is 2. The first kappa shape index (κ1) is 27.9. The van der Waals surface area contributed by atoms with Crippen molar-refractivity contribution in [1.29, 1.82) is 0 Å². The number of rotatable bonds is 10. The van der Waals surface area contributed by atoms with E-state index < -0.39 is 37.3 Å². The second-order valence-corrected chi connectivity index (χ2v) is 9.44. The Balaban J connectivity index is 1.83. The van der Waals surface area contributed by atoms with Crippen LogP contribution in [0.1, 0.15) is 37.9 Å². The largest absolute Gasteiger partial charge is 0.497 e. The summed E-state index contributed by atoms with van der Waals surface area (Å²) in [5.41, 5.74) is 3.32. The molecule has 38 heavy (non-hydrogen) atoms. The molecule has 4 rings (SSSR count). The van der Waals surface area contributed by atoms with E-state index in [1.807, 2.05) is 74.0 Å². The molecule has 0 bridgehead atoms. The molecule has 1 fully saturated rings. The average molecular weight is 529 g/mol. The van der Waals surface area contributed by atoms with Crippen molar-refractivity contribution in [2.45, 2.75) is 63.9 Å². The first-order valence-corrected chi connectivity index (χ1v) is 12.7. The highest BCUT2D eigenvalue weighted by molar-refractivity contribution is 5.67. The highest BCUT2D eigenvalue weighted by Gasteiger charge is 2.45. The third-order valence-electron chi connectivity index (χ3n) is 6.53. The predicted octanol–water partition coefficient (Wildman–Crippen LogP) is 2.31. The van der Waals surface area contributed by atoms with Crippen LogP contribution in [0.2, 0.25) is 0 Å². The van der Waals surface area contributed by atoms with Crippen LogP contribution in [0.5, 0.6) is 17.4 Å². The molecule has 1 saturated heterocycles. The monoisotopic (exact) mass is 528 g/mol. The molecule has 3 aromatic rings. The van der Waals surface area contributed by atoms with Crippen molar-refractivity contribution in [3.8, 4) is 28.6 Å². The van der Waals surface area contributed by atoms with Crippen LogP contribution in [0.25, 0.3) is 11.3 Å². The summed E-state index contributed by atoms with van der Waals surface area (Å²) < 4.78 is 24.9. The van der Waals surface area contributed by atoms with Gasteiger partial charge in [-0.15, -0.1) is 5.10 Å². The summed E-state index contributed by atoms with van der Waals surface area (Å²) in [6.07, 6.45) is -6.73. The summed E-state index contributed by atoms with van der Waals surface area (Å²) in [5, 5.41) is 45.5. The molecule has 10 nitrogen and oxygen atoms in total. The Labute approximate surface area is 222 Å². The predicted molar refractivity (Wildman–Crippen MR) is 139 cm³/mol. The van der Waals surface area contributed by atoms with E-state index in [1.165, 1.54) is 0 Å². The quantitative estimate of drug-likeness (QED) is 0.313. The smallest absolute Gasteiger partial charge is 0.239 e. The summed E-state index contributed by atoms with van der Waals surface area (Å²) in [4.78, 5) is 0. The minimum Gasteiger partial charge on any atom is -0.497 e. The Hall–Kier alpha value is -3.15. The topological polar surface area (TPSA) is 136 Å². The number of hydrogen-bond acceptors (Lipinski definition) is 9. The van der Waals surface area contributed by atoms with Crippen LogP contribution < -0.4 is 14.2 Å². The van der Waals surface area contributed by atoms with Gasteiger partial charge in [0, 0.05) is 29.7 Å². The van der Waals surface area contributed by atoms with Crippen molar-refractivity contribution < 1.29 is 39.4 Å². The van der Waals surface area contributed by atoms with E-state index in [0.29, 0.717) is 30.1 Å². The van der Waals surface area contributed by atoms with E-state index in [4.69, 9.17) is 24.0 Å². The second-order valence-electron chi connectivity index (χ2n) is 9.44. The van der Waals surface area contributed by atoms with E-state index in [-0.39, 0.29) is 11.9 Å². The number of nitrogens with zero attached hydrogens (tertiary/aromatic N) is 2. The second kappa shape index (κ2) is 12.1. The molecule has 0 amide bonds. The molecule has 0 spiro atoms. The molecule has 1 aliphatic rings. The number of ether oxygens (including phenoxy) is 4. The van der Waals surface area contributed by atoms with Gasteiger partial charge in [0.2, 0.25) is 12.2 Å². The summed E-state index contributed by atoms with van der Waals surface area (Å²) in [7, 11) is 1.59. The molecule has 5 atom stereocenters. The van der Waals surface area contributed by atoms with Gasteiger partial charge in [-0.25, -0.2) is 0 Å². The van der Waals surface area contributed by atoms with Crippen molar-refractivity contribution in [2.24, 2.45) is 0 Å². The maximum atomic E-state index is 10.6. The minimum absolute atomic E-state index is 0.0432. The summed E-state index contributed by atoms with van der Waals surface area (Å²) in [6.45, 7) is 5.81. The summed E-state index contributed by atoms with van der Waals surface area (Å²) in [6, 6.07) is 15.3. The molecule has 10 heteroatoms. The Morgan fingerprint density at radius 3 is 2.39 bits per heavy atom. The molecule has 2 aromatic carbocycles. The van der Waals surface area contributed by atoms with Crippen LogP contribution in [0.15, 0.2) is 48.5 Å². The average Bonchev–Trinajstić information content (AvgIpc) is 3.28. The molecule has 206 valence electrons. The molecule has 0 aliphatic carbocycles. The molecule has 0 saturated carbocycles. The normalized spacial score (nSPS) is 23.4. The van der Waals surface area contributed by atoms with Gasteiger partial charge in [-0.05, 0) is 32.4 Å². The number of methoxy groups -OCH3 is 1. The van der Waals surface area contributed by atoms with Crippen LogP contribution in [0.4, 0.5) is 0 Å². The zero-order valence-corrected chi connectivity index (χ0v) is 22.0. The van der Waals surface area contributed by atoms with E-state index in [2.05, 4.69) is 0 Å². The van der Waals surface area contributed by atoms with Crippen molar-refractivity contribution in [3.63, 3.8) is 0 Å². The van der Waals surface area contributed by atoms with Gasteiger partial charge in [-0.3, -0.25) is 4.68 Å². The summed E-state index contributed by atoms with van der Waals surface area (Å²) in [5.74, 6) is 1.51. The standard InChI is InChI=1S/C28H36N2O8/c1-5-36-21-14-19(35-4)12-11-18(21)13-20-23(17-9-7-6-8-10-17)30(16(2)3)29-27(20)38-28-26(34)25(33)24(32)22(15-31)37-28/h6-12,14,16,22,24-26,28,31-34H,5,13,15H2,1-4H3/t22-,24-,25+,26-,28+/m1/s1. The first-order chi connectivity index (χ1) is 18.3. The summed E-state index contributed by atoms with van der Waals surface area (Å²) >= 11 is 0. The van der Waals surface area contributed by atoms with E-state index in [1.54, 1.807) is 7.11 Å². The van der Waals surface area contributed by atoms with Crippen LogP contribution in [-0.4, -0.2) is 81.2 Å². The molecular weight excluding hydrogens is 492 g/mol. The lowest BCUT2D eigenvalue weighted by Gasteiger charge is -2.39. The van der Waals surface area contributed by atoms with E-state index in [0.717, 1.165) is 16.8 Å². The van der Waals surface area contributed by atoms with Crippen molar-refractivity contribution in [1.82, 2.24) is 9.78 Å². The lowest BCUT2D eigenvalue weighted by Crippen LogP contribution is -2.60. The zero-order chi connectivity index (χ0) is 27.4. The third kappa shape index (κ3) is 5.64. The Morgan fingerprint density at radius 1 is 1.03 bits per heavy atom. The number of aliphatic hydroxyl groups is 4. The maximum Gasteiger partial charge on any atom is 0.239 e. The van der Waals surface area contributed by atoms with Gasteiger partial charge in [0.05, 0.1) is 26.0 Å². The maximum absolute atomic E-state index is 10.6. The molecule has 4 N–H and O–H groups in total. The molecule has 0 radical (unpaired) electrons. The molecule has 2 heterocycles. The molecule has 0 unspecified atom stereocenters. The van der Waals surface area contributed by atoms with E-state index >= 15 is 0 Å². The SMILES string of the molecule is CCOc1cc(OC)ccc1Cc1c(O[C@@H]2O[C@H](CO)[C@@H](O)[C@H](O)[C@H]2O)nn(C(C)C)c1-c1ccccc1. The van der Waals surface area contributed by atoms with Gasteiger partial charge in [-0.1, -0.05) is 36.4 Å². The lowest BCUT2D eigenvalue weighted by atomic mass is 9.98. The van der Waals surface area contributed by atoms with Gasteiger partial charge in [0.15, 0.2) is 0 Å². The third-order valence-corrected chi connectivity index (χ3v) is 6.53. The first-order valence-electron chi connectivity index (χ1n) is 12.7. The molecule has 1 aromatic heterocycles. The highest BCUT2D eigenvalue weighted by Crippen LogP contribution is 2.38. The van der Waals surface area contributed by atoms with Gasteiger partial charge >= 0.3 is 0 Å². The van der Waals surface area contributed by atoms with Crippen LogP contribution in [-0.2, 0) is 11.2 Å². The Bertz CT molecular complexity index is 1200. The van der Waals surface area contributed by atoms with Crippen molar-refractivity contribution in [2.75, 3.05) is 20.3 Å². The van der Waals surface area contributed by atoms with Gasteiger partial charge in [0.1, 0.15) is 35.9 Å². The Kier molecular flexibility index (Phi) is 8.91. The van der Waals surface area contributed by atoms with Gasteiger partial charge in [-0.2, -0.15) is 0 Å². The fourth-order valence-corrected chi connectivity index (χ4v) is 4.54.